The van der Waals surface area contributed by atoms with E-state index in [-0.39, 0.29) is 17.1 Å². The Labute approximate surface area is 139 Å². The Morgan fingerprint density at radius 1 is 1.23 bits per heavy atom. The lowest BCUT2D eigenvalue weighted by Gasteiger charge is -2.38. The van der Waals surface area contributed by atoms with Gasteiger partial charge in [0.15, 0.2) is 8.32 Å². The van der Waals surface area contributed by atoms with Crippen LogP contribution in [-0.2, 0) is 4.43 Å². The molecule has 1 saturated carbocycles. The van der Waals surface area contributed by atoms with Crippen LogP contribution in [-0.4, -0.2) is 33.7 Å². The van der Waals surface area contributed by atoms with Crippen LogP contribution >= 0.6 is 0 Å². The second-order valence-electron chi connectivity index (χ2n) is 9.17. The highest BCUT2D eigenvalue weighted by atomic mass is 28.4. The predicted octanol–water partition coefficient (Wildman–Crippen LogP) is 4.58. The summed E-state index contributed by atoms with van der Waals surface area (Å²) in [7, 11) is -3.21. The second-order valence-corrected chi connectivity index (χ2v) is 18.7. The summed E-state index contributed by atoms with van der Waals surface area (Å²) in [6, 6.07) is 0. The molecule has 0 bridgehead atoms. The SMILES string of the molecule is C=C1C[C@H](O[Si](C)(C)C(C)(C)C)C[C@@H]1[C@@H](O)C#C[Si](C)(C)C. The van der Waals surface area contributed by atoms with Gasteiger partial charge in [-0.3, -0.25) is 0 Å². The van der Waals surface area contributed by atoms with Crippen molar-refractivity contribution in [3.8, 4) is 11.5 Å². The molecule has 1 aliphatic carbocycles. The van der Waals surface area contributed by atoms with E-state index in [2.05, 4.69) is 71.5 Å². The quantitative estimate of drug-likeness (QED) is 0.463. The zero-order chi connectivity index (χ0) is 17.3. The summed E-state index contributed by atoms with van der Waals surface area (Å²) in [6.45, 7) is 22.1. The van der Waals surface area contributed by atoms with E-state index in [9.17, 15) is 5.11 Å². The Kier molecular flexibility index (Phi) is 5.95. The zero-order valence-electron chi connectivity index (χ0n) is 15.7. The first-order valence-electron chi connectivity index (χ1n) is 8.29. The van der Waals surface area contributed by atoms with E-state index >= 15 is 0 Å². The number of hydrogen-bond donors (Lipinski definition) is 1. The van der Waals surface area contributed by atoms with Gasteiger partial charge in [-0.2, -0.15) is 0 Å². The Balaban J connectivity index is 2.73. The van der Waals surface area contributed by atoms with Crippen molar-refractivity contribution in [2.75, 3.05) is 0 Å². The molecule has 0 saturated heterocycles. The normalized spacial score (nSPS) is 24.9. The first kappa shape index (κ1) is 19.7. The number of rotatable bonds is 3. The highest BCUT2D eigenvalue weighted by Gasteiger charge is 2.42. The van der Waals surface area contributed by atoms with Crippen LogP contribution in [0.4, 0.5) is 0 Å². The molecule has 0 unspecified atom stereocenters. The molecule has 1 aliphatic rings. The first-order chi connectivity index (χ1) is 9.73. The van der Waals surface area contributed by atoms with E-state index < -0.39 is 22.5 Å². The predicted molar refractivity (Wildman–Crippen MR) is 101 cm³/mol. The van der Waals surface area contributed by atoms with Crippen LogP contribution in [0.1, 0.15) is 33.6 Å². The maximum atomic E-state index is 10.4. The molecule has 2 nitrogen and oxygen atoms in total. The number of aliphatic hydroxyl groups is 1. The third kappa shape index (κ3) is 5.38. The van der Waals surface area contributed by atoms with Gasteiger partial charge in [0.2, 0.25) is 0 Å². The van der Waals surface area contributed by atoms with E-state index in [0.29, 0.717) is 0 Å². The Hall–Kier alpha value is -0.346. The van der Waals surface area contributed by atoms with Crippen LogP contribution in [0.15, 0.2) is 12.2 Å². The molecule has 4 heteroatoms. The van der Waals surface area contributed by atoms with Crippen LogP contribution in [0, 0.1) is 17.4 Å². The van der Waals surface area contributed by atoms with Gasteiger partial charge in [0, 0.05) is 12.0 Å². The summed E-state index contributed by atoms with van der Waals surface area (Å²) in [6.07, 6.45) is 1.32. The summed E-state index contributed by atoms with van der Waals surface area (Å²) in [4.78, 5) is 0. The maximum Gasteiger partial charge on any atom is 0.192 e. The minimum absolute atomic E-state index is 0.0682. The average Bonchev–Trinajstić information content (AvgIpc) is 2.64. The summed E-state index contributed by atoms with van der Waals surface area (Å²) < 4.78 is 6.49. The van der Waals surface area contributed by atoms with Gasteiger partial charge in [-0.25, -0.2) is 0 Å². The van der Waals surface area contributed by atoms with Gasteiger partial charge in [0.25, 0.3) is 0 Å². The van der Waals surface area contributed by atoms with Gasteiger partial charge in [0.1, 0.15) is 14.2 Å². The Morgan fingerprint density at radius 2 is 1.77 bits per heavy atom. The fourth-order valence-electron chi connectivity index (χ4n) is 2.40. The van der Waals surface area contributed by atoms with Gasteiger partial charge in [-0.05, 0) is 31.0 Å². The Bertz CT molecular complexity index is 472. The molecular weight excluding hydrogens is 304 g/mol. The molecular formula is C18H34O2Si2. The monoisotopic (exact) mass is 338 g/mol. The molecule has 0 heterocycles. The lowest BCUT2D eigenvalue weighted by atomic mass is 9.98. The van der Waals surface area contributed by atoms with Crippen molar-refractivity contribution in [1.29, 1.82) is 0 Å². The van der Waals surface area contributed by atoms with Crippen LogP contribution in [0.2, 0.25) is 37.8 Å². The number of aliphatic hydroxyl groups excluding tert-OH is 1. The van der Waals surface area contributed by atoms with Crippen molar-refractivity contribution >= 4 is 16.4 Å². The fourth-order valence-corrected chi connectivity index (χ4v) is 4.35. The van der Waals surface area contributed by atoms with E-state index in [4.69, 9.17) is 4.43 Å². The van der Waals surface area contributed by atoms with Crippen molar-refractivity contribution in [3.63, 3.8) is 0 Å². The summed E-state index contributed by atoms with van der Waals surface area (Å²) in [5.41, 5.74) is 4.37. The maximum absolute atomic E-state index is 10.4. The molecule has 0 radical (unpaired) electrons. The van der Waals surface area contributed by atoms with Crippen LogP contribution < -0.4 is 0 Å². The van der Waals surface area contributed by atoms with E-state index in [0.717, 1.165) is 18.4 Å². The second kappa shape index (κ2) is 6.64. The minimum Gasteiger partial charge on any atom is -0.414 e. The van der Waals surface area contributed by atoms with E-state index in [1.807, 2.05) is 0 Å². The molecule has 0 aliphatic heterocycles. The van der Waals surface area contributed by atoms with Crippen LogP contribution in [0.25, 0.3) is 0 Å². The zero-order valence-corrected chi connectivity index (χ0v) is 17.7. The lowest BCUT2D eigenvalue weighted by Crippen LogP contribution is -2.43. The molecule has 0 spiro atoms. The topological polar surface area (TPSA) is 29.5 Å². The average molecular weight is 339 g/mol. The third-order valence-electron chi connectivity index (χ3n) is 4.77. The van der Waals surface area contributed by atoms with Crippen molar-refractivity contribution in [3.05, 3.63) is 12.2 Å². The molecule has 22 heavy (non-hydrogen) atoms. The highest BCUT2D eigenvalue weighted by molar-refractivity contribution is 6.83. The molecule has 0 aromatic rings. The van der Waals surface area contributed by atoms with Crippen LogP contribution in [0.3, 0.4) is 0 Å². The summed E-state index contributed by atoms with van der Waals surface area (Å²) >= 11 is 0. The molecule has 0 aromatic heterocycles. The molecule has 1 rings (SSSR count). The van der Waals surface area contributed by atoms with Crippen molar-refractivity contribution in [2.24, 2.45) is 5.92 Å². The van der Waals surface area contributed by atoms with E-state index in [1.54, 1.807) is 0 Å². The standard InChI is InChI=1S/C18H34O2Si2/c1-14-12-15(20-22(8,9)18(2,3)4)13-16(14)17(19)10-11-21(5,6)7/h15-17,19H,1,12-13H2,2-9H3/t15-,16-,17-/m0/s1. The Morgan fingerprint density at radius 3 is 2.23 bits per heavy atom. The van der Waals surface area contributed by atoms with Gasteiger partial charge >= 0.3 is 0 Å². The smallest absolute Gasteiger partial charge is 0.192 e. The van der Waals surface area contributed by atoms with Gasteiger partial charge in [0.05, 0.1) is 0 Å². The molecule has 1 fully saturated rings. The van der Waals surface area contributed by atoms with Crippen molar-refractivity contribution < 1.29 is 9.53 Å². The summed E-state index contributed by atoms with van der Waals surface area (Å²) in [5, 5.41) is 10.6. The molecule has 3 atom stereocenters. The largest absolute Gasteiger partial charge is 0.414 e. The molecule has 0 amide bonds. The molecule has 1 N–H and O–H groups in total. The fraction of sp³-hybridized carbons (Fsp3) is 0.778. The van der Waals surface area contributed by atoms with Crippen molar-refractivity contribution in [2.45, 2.75) is 83.6 Å². The lowest BCUT2D eigenvalue weighted by molar-refractivity contribution is 0.145. The van der Waals surface area contributed by atoms with Crippen LogP contribution in [0.5, 0.6) is 0 Å². The molecule has 0 aromatic carbocycles. The van der Waals surface area contributed by atoms with Gasteiger partial charge in [-0.15, -0.1) is 5.54 Å². The molecule has 126 valence electrons. The highest BCUT2D eigenvalue weighted by Crippen LogP contribution is 2.42. The number of hydrogen-bond acceptors (Lipinski definition) is 2. The minimum atomic E-state index is -1.76. The third-order valence-corrected chi connectivity index (χ3v) is 10.2. The van der Waals surface area contributed by atoms with Crippen molar-refractivity contribution in [1.82, 2.24) is 0 Å². The van der Waals surface area contributed by atoms with E-state index in [1.165, 1.54) is 0 Å². The van der Waals surface area contributed by atoms with Gasteiger partial charge in [-0.1, -0.05) is 58.5 Å². The van der Waals surface area contributed by atoms with Gasteiger partial charge < -0.3 is 9.53 Å². The first-order valence-corrected chi connectivity index (χ1v) is 14.7. The summed E-state index contributed by atoms with van der Waals surface area (Å²) in [5.74, 6) is 3.14.